The van der Waals surface area contributed by atoms with Crippen LogP contribution in [0.25, 0.3) is 11.6 Å². The minimum Gasteiger partial charge on any atom is -0.240 e. The number of hydrogen-bond acceptors (Lipinski definition) is 0. The molecular formula is C15H19F. The predicted molar refractivity (Wildman–Crippen MR) is 70.1 cm³/mol. The number of halogens is 1. The van der Waals surface area contributed by atoms with Gasteiger partial charge in [-0.25, -0.2) is 4.39 Å². The van der Waals surface area contributed by atoms with Crippen LogP contribution in [0.1, 0.15) is 37.5 Å². The highest BCUT2D eigenvalue weighted by Gasteiger charge is 2.09. The summed E-state index contributed by atoms with van der Waals surface area (Å²) in [4.78, 5) is 0. The summed E-state index contributed by atoms with van der Waals surface area (Å²) in [5, 5.41) is 0. The van der Waals surface area contributed by atoms with Gasteiger partial charge in [0.05, 0.1) is 0 Å². The molecule has 0 nitrogen and oxygen atoms in total. The van der Waals surface area contributed by atoms with Crippen molar-refractivity contribution in [1.29, 1.82) is 0 Å². The molecule has 86 valence electrons. The van der Waals surface area contributed by atoms with Gasteiger partial charge in [0.1, 0.15) is 5.67 Å². The Balaban J connectivity index is 2.99. The van der Waals surface area contributed by atoms with E-state index in [2.05, 4.69) is 6.58 Å². The standard InChI is InChI=1S/C15H19F/c1-11(2)14-7-6-13(10-12(14)3)8-9-15(4,5)16/h6-10H,1H2,2-5H3/b9-8+. The summed E-state index contributed by atoms with van der Waals surface area (Å²) in [5.41, 5.74) is 3.15. The smallest absolute Gasteiger partial charge is 0.123 e. The fraction of sp³-hybridized carbons (Fsp3) is 0.333. The van der Waals surface area contributed by atoms with Gasteiger partial charge in [0.2, 0.25) is 0 Å². The number of aryl methyl sites for hydroxylation is 1. The minimum absolute atomic E-state index is 1.02. The van der Waals surface area contributed by atoms with Crippen LogP contribution in [0, 0.1) is 6.92 Å². The fourth-order valence-electron chi connectivity index (χ4n) is 1.56. The Kier molecular flexibility index (Phi) is 3.69. The van der Waals surface area contributed by atoms with Crippen LogP contribution in [-0.4, -0.2) is 5.67 Å². The molecule has 1 aromatic rings. The molecule has 1 aromatic carbocycles. The molecule has 16 heavy (non-hydrogen) atoms. The van der Waals surface area contributed by atoms with Crippen LogP contribution in [0.4, 0.5) is 4.39 Å². The molecule has 0 aromatic heterocycles. The predicted octanol–water partition coefficient (Wildman–Crippen LogP) is 4.79. The number of benzene rings is 1. The van der Waals surface area contributed by atoms with E-state index >= 15 is 0 Å². The third-order valence-corrected chi connectivity index (χ3v) is 2.38. The van der Waals surface area contributed by atoms with Gasteiger partial charge in [0.25, 0.3) is 0 Å². The van der Waals surface area contributed by atoms with Crippen molar-refractivity contribution < 1.29 is 4.39 Å². The number of rotatable bonds is 3. The van der Waals surface area contributed by atoms with E-state index in [1.807, 2.05) is 38.1 Å². The summed E-state index contributed by atoms with van der Waals surface area (Å²) in [6.45, 7) is 11.0. The quantitative estimate of drug-likeness (QED) is 0.684. The summed E-state index contributed by atoms with van der Waals surface area (Å²) in [5.74, 6) is 0. The van der Waals surface area contributed by atoms with Gasteiger partial charge in [0, 0.05) is 0 Å². The van der Waals surface area contributed by atoms with Crippen molar-refractivity contribution in [3.05, 3.63) is 47.5 Å². The second-order valence-electron chi connectivity index (χ2n) is 4.75. The summed E-state index contributed by atoms with van der Waals surface area (Å²) in [6.07, 6.45) is 3.39. The second-order valence-corrected chi connectivity index (χ2v) is 4.75. The molecule has 0 fully saturated rings. The summed E-state index contributed by atoms with van der Waals surface area (Å²) in [7, 11) is 0. The molecule has 0 saturated heterocycles. The van der Waals surface area contributed by atoms with Gasteiger partial charge in [-0.2, -0.15) is 0 Å². The molecule has 0 amide bonds. The van der Waals surface area contributed by atoms with Crippen LogP contribution >= 0.6 is 0 Å². The summed E-state index contributed by atoms with van der Waals surface area (Å²) in [6, 6.07) is 6.06. The van der Waals surface area contributed by atoms with E-state index in [9.17, 15) is 4.39 Å². The minimum atomic E-state index is -1.26. The van der Waals surface area contributed by atoms with Gasteiger partial charge in [-0.05, 0) is 50.5 Å². The Labute approximate surface area is 97.5 Å². The van der Waals surface area contributed by atoms with Gasteiger partial charge in [-0.15, -0.1) is 0 Å². The van der Waals surface area contributed by atoms with E-state index < -0.39 is 5.67 Å². The molecule has 0 aliphatic rings. The molecule has 0 heterocycles. The Morgan fingerprint density at radius 1 is 1.38 bits per heavy atom. The van der Waals surface area contributed by atoms with Crippen LogP contribution in [-0.2, 0) is 0 Å². The lowest BCUT2D eigenvalue weighted by Crippen LogP contribution is -2.05. The fourth-order valence-corrected chi connectivity index (χ4v) is 1.56. The molecule has 1 rings (SSSR count). The topological polar surface area (TPSA) is 0 Å². The van der Waals surface area contributed by atoms with Crippen LogP contribution in [0.15, 0.2) is 30.9 Å². The zero-order chi connectivity index (χ0) is 12.3. The van der Waals surface area contributed by atoms with E-state index in [0.29, 0.717) is 0 Å². The lowest BCUT2D eigenvalue weighted by Gasteiger charge is -2.08. The first-order valence-electron chi connectivity index (χ1n) is 5.44. The zero-order valence-corrected chi connectivity index (χ0v) is 10.5. The van der Waals surface area contributed by atoms with Gasteiger partial charge >= 0.3 is 0 Å². The summed E-state index contributed by atoms with van der Waals surface area (Å²) >= 11 is 0. The lowest BCUT2D eigenvalue weighted by atomic mass is 9.99. The molecule has 0 radical (unpaired) electrons. The van der Waals surface area contributed by atoms with Crippen molar-refractivity contribution in [2.24, 2.45) is 0 Å². The highest BCUT2D eigenvalue weighted by molar-refractivity contribution is 5.66. The first-order valence-corrected chi connectivity index (χ1v) is 5.44. The van der Waals surface area contributed by atoms with Crippen LogP contribution in [0.5, 0.6) is 0 Å². The number of alkyl halides is 1. The third kappa shape index (κ3) is 3.65. The highest BCUT2D eigenvalue weighted by Crippen LogP contribution is 2.20. The third-order valence-electron chi connectivity index (χ3n) is 2.38. The van der Waals surface area contributed by atoms with Crippen molar-refractivity contribution in [2.45, 2.75) is 33.4 Å². The van der Waals surface area contributed by atoms with E-state index in [0.717, 1.165) is 16.7 Å². The SMILES string of the molecule is C=C(C)c1ccc(/C=C/C(C)(C)F)cc1C. The maximum atomic E-state index is 13.3. The van der Waals surface area contributed by atoms with Crippen molar-refractivity contribution in [2.75, 3.05) is 0 Å². The number of hydrogen-bond donors (Lipinski definition) is 0. The van der Waals surface area contributed by atoms with Crippen molar-refractivity contribution >= 4 is 11.6 Å². The van der Waals surface area contributed by atoms with Crippen molar-refractivity contribution in [3.63, 3.8) is 0 Å². The maximum Gasteiger partial charge on any atom is 0.123 e. The number of allylic oxidation sites excluding steroid dienone is 2. The average molecular weight is 218 g/mol. The van der Waals surface area contributed by atoms with Crippen molar-refractivity contribution in [1.82, 2.24) is 0 Å². The Morgan fingerprint density at radius 2 is 2.00 bits per heavy atom. The molecule has 1 heteroatoms. The molecule has 0 unspecified atom stereocenters. The normalized spacial score (nSPS) is 12.1. The van der Waals surface area contributed by atoms with E-state index in [1.54, 1.807) is 19.9 Å². The van der Waals surface area contributed by atoms with Gasteiger partial charge in [-0.3, -0.25) is 0 Å². The maximum absolute atomic E-state index is 13.3. The Hall–Kier alpha value is -1.37. The molecule has 0 atom stereocenters. The first kappa shape index (κ1) is 12.7. The largest absolute Gasteiger partial charge is 0.240 e. The van der Waals surface area contributed by atoms with Crippen LogP contribution in [0.2, 0.25) is 0 Å². The van der Waals surface area contributed by atoms with E-state index in [4.69, 9.17) is 0 Å². The first-order chi connectivity index (χ1) is 7.29. The molecule has 0 aliphatic heterocycles. The molecule has 0 N–H and O–H groups in total. The average Bonchev–Trinajstić information content (AvgIpc) is 2.13. The second kappa shape index (κ2) is 4.65. The molecule has 0 spiro atoms. The van der Waals surface area contributed by atoms with Gasteiger partial charge < -0.3 is 0 Å². The van der Waals surface area contributed by atoms with E-state index in [1.165, 1.54) is 5.56 Å². The Bertz CT molecular complexity index is 420. The molecule has 0 saturated carbocycles. The summed E-state index contributed by atoms with van der Waals surface area (Å²) < 4.78 is 13.3. The van der Waals surface area contributed by atoms with Gasteiger partial charge in [-0.1, -0.05) is 36.4 Å². The van der Waals surface area contributed by atoms with Crippen LogP contribution in [0.3, 0.4) is 0 Å². The zero-order valence-electron chi connectivity index (χ0n) is 10.5. The van der Waals surface area contributed by atoms with Gasteiger partial charge in [0.15, 0.2) is 0 Å². The lowest BCUT2D eigenvalue weighted by molar-refractivity contribution is 0.288. The Morgan fingerprint density at radius 3 is 2.44 bits per heavy atom. The van der Waals surface area contributed by atoms with Crippen LogP contribution < -0.4 is 0 Å². The van der Waals surface area contributed by atoms with E-state index in [-0.39, 0.29) is 0 Å². The molecule has 0 aliphatic carbocycles. The van der Waals surface area contributed by atoms with Crippen molar-refractivity contribution in [3.8, 4) is 0 Å². The monoisotopic (exact) mass is 218 g/mol. The molecule has 0 bridgehead atoms. The molecular weight excluding hydrogens is 199 g/mol. The highest BCUT2D eigenvalue weighted by atomic mass is 19.1.